The number of nitrogens with zero attached hydrogens (tertiary/aromatic N) is 2. The molecule has 2 aromatic rings. The summed E-state index contributed by atoms with van der Waals surface area (Å²) < 4.78 is 1.69. The Hall–Kier alpha value is -1.48. The predicted octanol–water partition coefficient (Wildman–Crippen LogP) is 2.42. The van der Waals surface area contributed by atoms with E-state index in [4.69, 9.17) is 17.3 Å². The number of para-hydroxylation sites is 1. The second kappa shape index (κ2) is 3.35. The minimum atomic E-state index is 0.605. The molecule has 2 rings (SSSR count). The molecule has 0 atom stereocenters. The maximum absolute atomic E-state index is 6.03. The van der Waals surface area contributed by atoms with Crippen LogP contribution in [0.5, 0.6) is 0 Å². The van der Waals surface area contributed by atoms with Crippen LogP contribution in [0.1, 0.15) is 5.69 Å². The summed E-state index contributed by atoms with van der Waals surface area (Å²) in [4.78, 5) is 0. The Morgan fingerprint density at radius 3 is 2.71 bits per heavy atom. The zero-order valence-corrected chi connectivity index (χ0v) is 8.49. The summed E-state index contributed by atoms with van der Waals surface area (Å²) in [5, 5.41) is 4.86. The fourth-order valence-corrected chi connectivity index (χ4v) is 1.58. The molecule has 0 aliphatic heterocycles. The molecule has 0 spiro atoms. The van der Waals surface area contributed by atoms with Crippen LogP contribution in [0.3, 0.4) is 0 Å². The number of hydrogen-bond donors (Lipinski definition) is 1. The summed E-state index contributed by atoms with van der Waals surface area (Å²) in [5.41, 5.74) is 8.12. The van der Waals surface area contributed by atoms with Crippen LogP contribution in [0.2, 0.25) is 5.02 Å². The third-order valence-electron chi connectivity index (χ3n) is 1.97. The summed E-state index contributed by atoms with van der Waals surface area (Å²) in [5.74, 6) is 0. The minimum absolute atomic E-state index is 0.605. The zero-order chi connectivity index (χ0) is 10.1. The Bertz CT molecular complexity index is 442. The van der Waals surface area contributed by atoms with Crippen molar-refractivity contribution in [3.63, 3.8) is 0 Å². The first kappa shape index (κ1) is 9.09. The summed E-state index contributed by atoms with van der Waals surface area (Å²) >= 11 is 6.03. The van der Waals surface area contributed by atoms with Crippen LogP contribution in [-0.4, -0.2) is 9.78 Å². The molecule has 72 valence electrons. The van der Waals surface area contributed by atoms with Gasteiger partial charge < -0.3 is 5.73 Å². The predicted molar refractivity (Wildman–Crippen MR) is 57.7 cm³/mol. The Morgan fingerprint density at radius 1 is 1.36 bits per heavy atom. The van der Waals surface area contributed by atoms with Crippen molar-refractivity contribution in [2.24, 2.45) is 0 Å². The van der Waals surface area contributed by atoms with Gasteiger partial charge in [0.1, 0.15) is 5.69 Å². The van der Waals surface area contributed by atoms with Crippen LogP contribution in [0.25, 0.3) is 5.69 Å². The fraction of sp³-hybridized carbons (Fsp3) is 0.100. The van der Waals surface area contributed by atoms with Crippen molar-refractivity contribution in [1.82, 2.24) is 9.78 Å². The number of benzene rings is 1. The highest BCUT2D eigenvalue weighted by molar-refractivity contribution is 6.32. The lowest BCUT2D eigenvalue weighted by atomic mass is 10.3. The number of anilines is 1. The summed E-state index contributed by atoms with van der Waals surface area (Å²) in [6.45, 7) is 1.92. The molecule has 0 fully saturated rings. The highest BCUT2D eigenvalue weighted by Gasteiger charge is 2.06. The molecule has 0 unspecified atom stereocenters. The minimum Gasteiger partial charge on any atom is -0.397 e. The molecular weight excluding hydrogens is 198 g/mol. The standard InChI is InChI=1S/C10H10ClN3/c1-7-5-6-14(13-7)10-8(11)3-2-4-9(10)12/h2-6H,12H2,1H3. The van der Waals surface area contributed by atoms with Gasteiger partial charge in [-0.3, -0.25) is 0 Å². The lowest BCUT2D eigenvalue weighted by Crippen LogP contribution is -2.01. The molecule has 1 aromatic heterocycles. The van der Waals surface area contributed by atoms with E-state index in [0.717, 1.165) is 11.4 Å². The van der Waals surface area contributed by atoms with E-state index in [1.807, 2.05) is 25.3 Å². The quantitative estimate of drug-likeness (QED) is 0.730. The van der Waals surface area contributed by atoms with Crippen molar-refractivity contribution in [3.8, 4) is 5.69 Å². The van der Waals surface area contributed by atoms with Crippen molar-refractivity contribution in [2.45, 2.75) is 6.92 Å². The number of rotatable bonds is 1. The smallest absolute Gasteiger partial charge is 0.106 e. The second-order valence-electron chi connectivity index (χ2n) is 3.08. The van der Waals surface area contributed by atoms with Gasteiger partial charge in [0, 0.05) is 6.20 Å². The Morgan fingerprint density at radius 2 is 2.14 bits per heavy atom. The molecule has 1 heterocycles. The molecule has 0 radical (unpaired) electrons. The average molecular weight is 208 g/mol. The van der Waals surface area contributed by atoms with E-state index in [-0.39, 0.29) is 0 Å². The number of nitrogen functional groups attached to an aromatic ring is 1. The second-order valence-corrected chi connectivity index (χ2v) is 3.49. The largest absolute Gasteiger partial charge is 0.397 e. The van der Waals surface area contributed by atoms with Gasteiger partial charge in [-0.05, 0) is 25.1 Å². The van der Waals surface area contributed by atoms with Gasteiger partial charge in [0.2, 0.25) is 0 Å². The van der Waals surface area contributed by atoms with E-state index in [9.17, 15) is 0 Å². The Balaban J connectivity index is 2.61. The molecule has 0 aliphatic rings. The number of aryl methyl sites for hydroxylation is 1. The first-order valence-corrected chi connectivity index (χ1v) is 4.63. The molecule has 14 heavy (non-hydrogen) atoms. The third-order valence-corrected chi connectivity index (χ3v) is 2.27. The van der Waals surface area contributed by atoms with E-state index < -0.39 is 0 Å². The molecule has 0 saturated heterocycles. The molecule has 3 nitrogen and oxygen atoms in total. The van der Waals surface area contributed by atoms with Crippen LogP contribution in [0.4, 0.5) is 5.69 Å². The Kier molecular flexibility index (Phi) is 2.17. The van der Waals surface area contributed by atoms with E-state index >= 15 is 0 Å². The van der Waals surface area contributed by atoms with Gasteiger partial charge in [-0.15, -0.1) is 0 Å². The van der Waals surface area contributed by atoms with E-state index in [0.29, 0.717) is 10.7 Å². The maximum atomic E-state index is 6.03. The molecule has 4 heteroatoms. The monoisotopic (exact) mass is 207 g/mol. The van der Waals surface area contributed by atoms with Crippen LogP contribution in [0, 0.1) is 6.92 Å². The van der Waals surface area contributed by atoms with E-state index in [1.165, 1.54) is 0 Å². The fourth-order valence-electron chi connectivity index (χ4n) is 1.31. The number of nitrogens with two attached hydrogens (primary N) is 1. The lowest BCUT2D eigenvalue weighted by molar-refractivity contribution is 0.865. The van der Waals surface area contributed by atoms with Crippen molar-refractivity contribution in [1.29, 1.82) is 0 Å². The molecule has 0 saturated carbocycles. The SMILES string of the molecule is Cc1ccn(-c2c(N)cccc2Cl)n1. The van der Waals surface area contributed by atoms with Gasteiger partial charge in [-0.2, -0.15) is 5.10 Å². The normalized spacial score (nSPS) is 10.4. The number of hydrogen-bond acceptors (Lipinski definition) is 2. The van der Waals surface area contributed by atoms with Gasteiger partial charge >= 0.3 is 0 Å². The van der Waals surface area contributed by atoms with Gasteiger partial charge in [0.15, 0.2) is 0 Å². The van der Waals surface area contributed by atoms with Crippen molar-refractivity contribution >= 4 is 17.3 Å². The average Bonchev–Trinajstić information content (AvgIpc) is 2.51. The van der Waals surface area contributed by atoms with Gasteiger partial charge in [0.05, 0.1) is 16.4 Å². The topological polar surface area (TPSA) is 43.8 Å². The molecule has 1 aromatic carbocycles. The molecule has 2 N–H and O–H groups in total. The molecule has 0 amide bonds. The Labute approximate surface area is 87.1 Å². The van der Waals surface area contributed by atoms with Crippen LogP contribution >= 0.6 is 11.6 Å². The van der Waals surface area contributed by atoms with Gasteiger partial charge in [-0.1, -0.05) is 17.7 Å². The number of halogens is 1. The van der Waals surface area contributed by atoms with Gasteiger partial charge in [-0.25, -0.2) is 4.68 Å². The van der Waals surface area contributed by atoms with Crippen molar-refractivity contribution < 1.29 is 0 Å². The van der Waals surface area contributed by atoms with E-state index in [1.54, 1.807) is 16.8 Å². The van der Waals surface area contributed by atoms with Crippen molar-refractivity contribution in [3.05, 3.63) is 41.2 Å². The first-order chi connectivity index (χ1) is 6.68. The highest BCUT2D eigenvalue weighted by atomic mass is 35.5. The van der Waals surface area contributed by atoms with Crippen LogP contribution in [-0.2, 0) is 0 Å². The van der Waals surface area contributed by atoms with Crippen LogP contribution < -0.4 is 5.73 Å². The summed E-state index contributed by atoms with van der Waals surface area (Å²) in [6, 6.07) is 7.32. The zero-order valence-electron chi connectivity index (χ0n) is 7.74. The first-order valence-electron chi connectivity index (χ1n) is 4.25. The summed E-state index contributed by atoms with van der Waals surface area (Å²) in [6.07, 6.45) is 1.84. The molecule has 0 aliphatic carbocycles. The third kappa shape index (κ3) is 1.46. The van der Waals surface area contributed by atoms with Crippen molar-refractivity contribution in [2.75, 3.05) is 5.73 Å². The summed E-state index contributed by atoms with van der Waals surface area (Å²) in [7, 11) is 0. The van der Waals surface area contributed by atoms with Gasteiger partial charge in [0.25, 0.3) is 0 Å². The highest BCUT2D eigenvalue weighted by Crippen LogP contribution is 2.25. The lowest BCUT2D eigenvalue weighted by Gasteiger charge is -2.07. The number of aromatic nitrogens is 2. The maximum Gasteiger partial charge on any atom is 0.106 e. The van der Waals surface area contributed by atoms with E-state index in [2.05, 4.69) is 5.10 Å². The molecular formula is C10H10ClN3. The molecule has 0 bridgehead atoms. The van der Waals surface area contributed by atoms with Crippen LogP contribution in [0.15, 0.2) is 30.5 Å².